The highest BCUT2D eigenvalue weighted by Gasteiger charge is 2.33. The number of nitrogens with one attached hydrogen (secondary N) is 2. The monoisotopic (exact) mass is 438 g/mol. The lowest BCUT2D eigenvalue weighted by atomic mass is 10.1. The van der Waals surface area contributed by atoms with Crippen molar-refractivity contribution in [1.82, 2.24) is 14.5 Å². The number of halogens is 3. The number of H-pyrrole nitrogens is 1. The third-order valence-electron chi connectivity index (χ3n) is 4.41. The number of alkyl halides is 3. The summed E-state index contributed by atoms with van der Waals surface area (Å²) in [5, 5.41) is 2.67. The van der Waals surface area contributed by atoms with E-state index in [1.165, 1.54) is 22.8 Å². The van der Waals surface area contributed by atoms with Gasteiger partial charge in [0.05, 0.1) is 22.5 Å². The van der Waals surface area contributed by atoms with Crippen LogP contribution in [0.3, 0.4) is 0 Å². The largest absolute Gasteiger partial charge is 0.418 e. The molecule has 0 saturated heterocycles. The van der Waals surface area contributed by atoms with E-state index in [1.807, 2.05) is 13.8 Å². The quantitative estimate of drug-likeness (QED) is 0.418. The first-order valence-corrected chi connectivity index (χ1v) is 10.4. The van der Waals surface area contributed by atoms with Crippen LogP contribution in [0.4, 0.5) is 18.9 Å². The summed E-state index contributed by atoms with van der Waals surface area (Å²) in [4.78, 5) is 32.6. The standard InChI is InChI=1S/C20H21F3N4O2S/c1-3-4-9-27-18(29)17-15(10-12(2)24-17)26-19(27)30-11-16(28)25-14-8-6-5-7-13(14)20(21,22)23/h5-8,10,24H,3-4,9,11H2,1-2H3,(H,25,28). The molecular formula is C20H21F3N4O2S. The van der Waals surface area contributed by atoms with Gasteiger partial charge in [-0.1, -0.05) is 37.2 Å². The summed E-state index contributed by atoms with van der Waals surface area (Å²) < 4.78 is 40.8. The number of unbranched alkanes of at least 4 members (excludes halogenated alkanes) is 1. The summed E-state index contributed by atoms with van der Waals surface area (Å²) in [5.41, 5.74) is 0.244. The van der Waals surface area contributed by atoms with Gasteiger partial charge in [-0.15, -0.1) is 0 Å². The summed E-state index contributed by atoms with van der Waals surface area (Å²) in [6, 6.07) is 6.54. The molecular weight excluding hydrogens is 417 g/mol. The SMILES string of the molecule is CCCCn1c(SCC(=O)Nc2ccccc2C(F)(F)F)nc2cc(C)[nH]c2c1=O. The average molecular weight is 438 g/mol. The van der Waals surface area contributed by atoms with Crippen LogP contribution >= 0.6 is 11.8 Å². The van der Waals surface area contributed by atoms with Gasteiger partial charge in [-0.2, -0.15) is 13.2 Å². The second-order valence-electron chi connectivity index (χ2n) is 6.80. The summed E-state index contributed by atoms with van der Waals surface area (Å²) in [5.74, 6) is -0.794. The van der Waals surface area contributed by atoms with Crippen LogP contribution in [0.2, 0.25) is 0 Å². The van der Waals surface area contributed by atoms with Gasteiger partial charge >= 0.3 is 6.18 Å². The molecule has 3 aromatic rings. The van der Waals surface area contributed by atoms with Crippen LogP contribution in [0.1, 0.15) is 31.0 Å². The molecule has 0 bridgehead atoms. The number of benzene rings is 1. The van der Waals surface area contributed by atoms with Gasteiger partial charge in [-0.25, -0.2) is 4.98 Å². The van der Waals surface area contributed by atoms with E-state index < -0.39 is 17.6 Å². The Morgan fingerprint density at radius 3 is 2.73 bits per heavy atom. The fourth-order valence-electron chi connectivity index (χ4n) is 2.99. The smallest absolute Gasteiger partial charge is 0.353 e. The van der Waals surface area contributed by atoms with Crippen molar-refractivity contribution in [3.63, 3.8) is 0 Å². The molecule has 30 heavy (non-hydrogen) atoms. The maximum Gasteiger partial charge on any atom is 0.418 e. The molecule has 0 aliphatic carbocycles. The maximum atomic E-state index is 13.1. The summed E-state index contributed by atoms with van der Waals surface area (Å²) in [6.07, 6.45) is -2.95. The summed E-state index contributed by atoms with van der Waals surface area (Å²) >= 11 is 1.02. The second kappa shape index (κ2) is 8.95. The number of carbonyl (C=O) groups is 1. The first-order chi connectivity index (χ1) is 14.2. The Labute approximate surface area is 174 Å². The number of para-hydroxylation sites is 1. The minimum Gasteiger partial charge on any atom is -0.353 e. The highest BCUT2D eigenvalue weighted by atomic mass is 32.2. The lowest BCUT2D eigenvalue weighted by Crippen LogP contribution is -2.24. The normalized spacial score (nSPS) is 11.8. The number of aryl methyl sites for hydroxylation is 1. The van der Waals surface area contributed by atoms with Crippen molar-refractivity contribution in [3.8, 4) is 0 Å². The van der Waals surface area contributed by atoms with Crippen LogP contribution in [-0.4, -0.2) is 26.2 Å². The van der Waals surface area contributed by atoms with Crippen LogP contribution < -0.4 is 10.9 Å². The van der Waals surface area contributed by atoms with Gasteiger partial charge in [0.25, 0.3) is 5.56 Å². The number of hydrogen-bond acceptors (Lipinski definition) is 4. The van der Waals surface area contributed by atoms with Crippen LogP contribution in [0, 0.1) is 6.92 Å². The van der Waals surface area contributed by atoms with Crippen LogP contribution in [-0.2, 0) is 17.5 Å². The third kappa shape index (κ3) is 4.86. The van der Waals surface area contributed by atoms with E-state index in [9.17, 15) is 22.8 Å². The lowest BCUT2D eigenvalue weighted by Gasteiger charge is -2.14. The number of thioether (sulfide) groups is 1. The number of aromatic amines is 1. The number of carbonyl (C=O) groups excluding carboxylic acids is 1. The first-order valence-electron chi connectivity index (χ1n) is 9.39. The van der Waals surface area contributed by atoms with Gasteiger partial charge in [-0.05, 0) is 31.5 Å². The highest BCUT2D eigenvalue weighted by Crippen LogP contribution is 2.34. The first kappa shape index (κ1) is 21.9. The Morgan fingerprint density at radius 1 is 1.30 bits per heavy atom. The molecule has 0 fully saturated rings. The van der Waals surface area contributed by atoms with Crippen molar-refractivity contribution in [1.29, 1.82) is 0 Å². The molecule has 2 N–H and O–H groups in total. The van der Waals surface area contributed by atoms with Gasteiger partial charge in [0.1, 0.15) is 5.52 Å². The zero-order valence-corrected chi connectivity index (χ0v) is 17.3. The van der Waals surface area contributed by atoms with E-state index in [0.717, 1.165) is 36.4 Å². The number of hydrogen-bond donors (Lipinski definition) is 2. The molecule has 160 valence electrons. The maximum absolute atomic E-state index is 13.1. The Morgan fingerprint density at radius 2 is 2.03 bits per heavy atom. The molecule has 3 rings (SSSR count). The summed E-state index contributed by atoms with van der Waals surface area (Å²) in [7, 11) is 0. The Balaban J connectivity index is 1.81. The third-order valence-corrected chi connectivity index (χ3v) is 5.39. The molecule has 2 heterocycles. The minimum atomic E-state index is -4.57. The topological polar surface area (TPSA) is 79.8 Å². The van der Waals surface area contributed by atoms with E-state index in [2.05, 4.69) is 15.3 Å². The van der Waals surface area contributed by atoms with Crippen molar-refractivity contribution in [2.24, 2.45) is 0 Å². The van der Waals surface area contributed by atoms with Crippen molar-refractivity contribution in [2.45, 2.75) is 44.6 Å². The van der Waals surface area contributed by atoms with E-state index in [4.69, 9.17) is 0 Å². The van der Waals surface area contributed by atoms with E-state index in [1.54, 1.807) is 6.07 Å². The van der Waals surface area contributed by atoms with Crippen molar-refractivity contribution in [3.05, 3.63) is 51.9 Å². The van der Waals surface area contributed by atoms with E-state index in [0.29, 0.717) is 22.7 Å². The Kier molecular flexibility index (Phi) is 6.55. The molecule has 1 amide bonds. The number of nitrogens with zero attached hydrogens (tertiary/aromatic N) is 2. The molecule has 0 aliphatic rings. The molecule has 0 aliphatic heterocycles. The van der Waals surface area contributed by atoms with Gasteiger partial charge in [0.2, 0.25) is 5.91 Å². The number of amides is 1. The molecule has 0 spiro atoms. The summed E-state index contributed by atoms with van der Waals surface area (Å²) in [6.45, 7) is 4.25. The zero-order valence-electron chi connectivity index (χ0n) is 16.5. The molecule has 2 aromatic heterocycles. The zero-order chi connectivity index (χ0) is 21.9. The van der Waals surface area contributed by atoms with Crippen molar-refractivity contribution < 1.29 is 18.0 Å². The number of fused-ring (bicyclic) bond motifs is 1. The van der Waals surface area contributed by atoms with Crippen LogP contribution in [0.5, 0.6) is 0 Å². The number of rotatable bonds is 7. The number of aromatic nitrogens is 3. The highest BCUT2D eigenvalue weighted by molar-refractivity contribution is 7.99. The molecule has 0 unspecified atom stereocenters. The van der Waals surface area contributed by atoms with E-state index in [-0.39, 0.29) is 17.0 Å². The minimum absolute atomic E-state index is 0.181. The average Bonchev–Trinajstić information content (AvgIpc) is 3.06. The van der Waals surface area contributed by atoms with Crippen LogP contribution in [0.15, 0.2) is 40.3 Å². The fraction of sp³-hybridized carbons (Fsp3) is 0.350. The Hall–Kier alpha value is -2.75. The molecule has 10 heteroatoms. The second-order valence-corrected chi connectivity index (χ2v) is 7.74. The van der Waals surface area contributed by atoms with Crippen molar-refractivity contribution in [2.75, 3.05) is 11.1 Å². The predicted octanol–water partition coefficient (Wildman–Crippen LogP) is 4.58. The van der Waals surface area contributed by atoms with Gasteiger partial charge in [-0.3, -0.25) is 14.2 Å². The molecule has 0 saturated carbocycles. The van der Waals surface area contributed by atoms with Crippen LogP contribution in [0.25, 0.3) is 11.0 Å². The van der Waals surface area contributed by atoms with E-state index >= 15 is 0 Å². The molecule has 1 aromatic carbocycles. The predicted molar refractivity (Wildman–Crippen MR) is 111 cm³/mol. The lowest BCUT2D eigenvalue weighted by molar-refractivity contribution is -0.137. The van der Waals surface area contributed by atoms with Crippen molar-refractivity contribution >= 4 is 34.4 Å². The Bertz CT molecular complexity index is 1120. The number of anilines is 1. The van der Waals surface area contributed by atoms with Gasteiger partial charge in [0.15, 0.2) is 5.16 Å². The van der Waals surface area contributed by atoms with Gasteiger partial charge in [0, 0.05) is 12.2 Å². The van der Waals surface area contributed by atoms with Gasteiger partial charge < -0.3 is 10.3 Å². The fourth-order valence-corrected chi connectivity index (χ4v) is 3.82. The molecule has 0 atom stereocenters. The molecule has 6 nitrogen and oxygen atoms in total. The molecule has 0 radical (unpaired) electrons.